The molecule has 1 aromatic heterocycles. The van der Waals surface area contributed by atoms with Crippen molar-refractivity contribution in [1.82, 2.24) is 14.8 Å². The number of halogens is 3. The van der Waals surface area contributed by atoms with Crippen LogP contribution in [0.5, 0.6) is 0 Å². The molecule has 0 aliphatic carbocycles. The van der Waals surface area contributed by atoms with Crippen LogP contribution in [0.15, 0.2) is 71.2 Å². The molecule has 1 saturated heterocycles. The van der Waals surface area contributed by atoms with E-state index >= 15 is 0 Å². The Balaban J connectivity index is 1.51. The summed E-state index contributed by atoms with van der Waals surface area (Å²) in [4.78, 5) is 34.3. The molecule has 0 spiro atoms. The molecule has 2 aliphatic rings. The Morgan fingerprint density at radius 1 is 1.08 bits per heavy atom. The van der Waals surface area contributed by atoms with Crippen LogP contribution in [-0.4, -0.2) is 39.7 Å². The number of fused-ring (bicyclic) bond motifs is 5. The minimum atomic E-state index is -1.26. The number of hydrogen-bond donors (Lipinski definition) is 1. The fraction of sp³-hybridized carbons (Fsp3) is 0.214. The molecule has 0 unspecified atom stereocenters. The van der Waals surface area contributed by atoms with Crippen molar-refractivity contribution in [2.24, 2.45) is 0 Å². The molecule has 0 radical (unpaired) electrons. The summed E-state index contributed by atoms with van der Waals surface area (Å²) in [6.07, 6.45) is 0. The Kier molecular flexibility index (Phi) is 5.46. The quantitative estimate of drug-likeness (QED) is 0.333. The Morgan fingerprint density at radius 3 is 2.58 bits per heavy atom. The number of benzene rings is 3. The lowest BCUT2D eigenvalue weighted by Gasteiger charge is -2.51. The van der Waals surface area contributed by atoms with E-state index in [4.69, 9.17) is 11.6 Å². The van der Waals surface area contributed by atoms with Gasteiger partial charge in [-0.25, -0.2) is 4.39 Å². The number of H-pyrrole nitrogens is 1. The van der Waals surface area contributed by atoms with Gasteiger partial charge in [0.1, 0.15) is 12.4 Å². The maximum atomic E-state index is 14.6. The summed E-state index contributed by atoms with van der Waals surface area (Å²) in [6, 6.07) is 20.4. The molecular weight excluding hydrogens is 545 g/mol. The van der Waals surface area contributed by atoms with Gasteiger partial charge in [-0.15, -0.1) is 0 Å². The third-order valence-corrected chi connectivity index (χ3v) is 8.38. The third-order valence-electron chi connectivity index (χ3n) is 7.50. The molecule has 182 valence electrons. The van der Waals surface area contributed by atoms with Crippen LogP contribution in [0.4, 0.5) is 4.39 Å². The SMILES string of the molecule is C[C@]12C(=O)N(Cc3c(F)cccc3Cl)CC(=O)N1C[C@@H](c1ccc(Br)cc1)c1c2[nH]c2ccccc12. The van der Waals surface area contributed by atoms with Crippen LogP contribution in [0.1, 0.15) is 35.2 Å². The number of hydrogen-bond acceptors (Lipinski definition) is 2. The number of carbonyl (C=O) groups is 2. The number of aromatic amines is 1. The molecular formula is C28H22BrClFN3O2. The van der Waals surface area contributed by atoms with E-state index in [2.05, 4.69) is 20.9 Å². The number of rotatable bonds is 3. The molecule has 4 aromatic rings. The maximum Gasteiger partial charge on any atom is 0.255 e. The molecule has 0 saturated carbocycles. The molecule has 3 aromatic carbocycles. The number of para-hydroxylation sites is 1. The Bertz CT molecular complexity index is 1520. The number of nitrogens with zero attached hydrogens (tertiary/aromatic N) is 2. The van der Waals surface area contributed by atoms with E-state index in [1.807, 2.05) is 48.5 Å². The standard InChI is InChI=1S/C28H22BrClFN3O2/c1-28-26-25(18-5-2-3-8-23(18)32-26)19(16-9-11-17(29)12-10-16)14-34(28)24(35)15-33(27(28)36)13-20-21(30)6-4-7-22(20)31/h2-12,19,32H,13-15H2,1H3/t19-,28-/m0/s1. The highest BCUT2D eigenvalue weighted by Gasteiger charge is 2.56. The summed E-state index contributed by atoms with van der Waals surface area (Å²) in [7, 11) is 0. The predicted octanol–water partition coefficient (Wildman–Crippen LogP) is 5.95. The summed E-state index contributed by atoms with van der Waals surface area (Å²) in [6.45, 7) is 1.94. The zero-order valence-corrected chi connectivity index (χ0v) is 21.7. The first-order valence-corrected chi connectivity index (χ1v) is 12.9. The van der Waals surface area contributed by atoms with Crippen molar-refractivity contribution in [1.29, 1.82) is 0 Å². The average Bonchev–Trinajstić information content (AvgIpc) is 3.26. The molecule has 6 rings (SSSR count). The smallest absolute Gasteiger partial charge is 0.255 e. The van der Waals surface area contributed by atoms with Crippen molar-refractivity contribution < 1.29 is 14.0 Å². The first-order chi connectivity index (χ1) is 17.3. The normalized spacial score (nSPS) is 21.6. The molecule has 3 heterocycles. The molecule has 2 amide bonds. The second kappa shape index (κ2) is 8.46. The van der Waals surface area contributed by atoms with Crippen LogP contribution in [0.25, 0.3) is 10.9 Å². The second-order valence-electron chi connectivity index (χ2n) is 9.50. The molecule has 5 nitrogen and oxygen atoms in total. The monoisotopic (exact) mass is 565 g/mol. The lowest BCUT2D eigenvalue weighted by molar-refractivity contribution is -0.167. The zero-order chi connectivity index (χ0) is 25.2. The van der Waals surface area contributed by atoms with Crippen LogP contribution in [-0.2, 0) is 21.7 Å². The van der Waals surface area contributed by atoms with Gasteiger partial charge >= 0.3 is 0 Å². The van der Waals surface area contributed by atoms with Crippen LogP contribution in [0.3, 0.4) is 0 Å². The minimum absolute atomic E-state index is 0.0782. The van der Waals surface area contributed by atoms with Gasteiger partial charge in [-0.2, -0.15) is 0 Å². The van der Waals surface area contributed by atoms with Gasteiger partial charge in [0, 0.05) is 38.4 Å². The highest BCUT2D eigenvalue weighted by atomic mass is 79.9. The largest absolute Gasteiger partial charge is 0.356 e. The van der Waals surface area contributed by atoms with Gasteiger partial charge in [0.2, 0.25) is 5.91 Å². The average molecular weight is 567 g/mol. The van der Waals surface area contributed by atoms with Gasteiger partial charge in [0.15, 0.2) is 5.54 Å². The number of amides is 2. The highest BCUT2D eigenvalue weighted by Crippen LogP contribution is 2.48. The Morgan fingerprint density at radius 2 is 1.83 bits per heavy atom. The summed E-state index contributed by atoms with van der Waals surface area (Å²) >= 11 is 9.76. The Hall–Kier alpha value is -3.16. The van der Waals surface area contributed by atoms with Crippen LogP contribution < -0.4 is 0 Å². The molecule has 36 heavy (non-hydrogen) atoms. The topological polar surface area (TPSA) is 56.4 Å². The summed E-state index contributed by atoms with van der Waals surface area (Å²) < 4.78 is 15.5. The van der Waals surface area contributed by atoms with E-state index < -0.39 is 11.4 Å². The first-order valence-electron chi connectivity index (χ1n) is 11.7. The third kappa shape index (κ3) is 3.40. The molecule has 1 N–H and O–H groups in total. The van der Waals surface area contributed by atoms with Gasteiger partial charge in [-0.1, -0.05) is 63.9 Å². The number of nitrogens with one attached hydrogen (secondary N) is 1. The lowest BCUT2D eigenvalue weighted by atomic mass is 9.76. The summed E-state index contributed by atoms with van der Waals surface area (Å²) in [5.74, 6) is -1.05. The van der Waals surface area contributed by atoms with Crippen LogP contribution in [0, 0.1) is 5.82 Å². The summed E-state index contributed by atoms with van der Waals surface area (Å²) in [5.41, 5.74) is 2.63. The van der Waals surface area contributed by atoms with E-state index in [-0.39, 0.29) is 41.4 Å². The Labute approximate surface area is 221 Å². The maximum absolute atomic E-state index is 14.6. The molecule has 1 fully saturated rings. The van der Waals surface area contributed by atoms with Crippen LogP contribution in [0.2, 0.25) is 5.02 Å². The minimum Gasteiger partial charge on any atom is -0.356 e. The van der Waals surface area contributed by atoms with Crippen molar-refractivity contribution in [2.45, 2.75) is 24.9 Å². The second-order valence-corrected chi connectivity index (χ2v) is 10.8. The van der Waals surface area contributed by atoms with Crippen molar-refractivity contribution in [3.05, 3.63) is 104 Å². The van der Waals surface area contributed by atoms with E-state index in [0.29, 0.717) is 12.2 Å². The fourth-order valence-electron chi connectivity index (χ4n) is 5.67. The molecule has 2 atom stereocenters. The summed E-state index contributed by atoms with van der Waals surface area (Å²) in [5, 5.41) is 1.25. The van der Waals surface area contributed by atoms with Gasteiger partial charge in [0.25, 0.3) is 5.91 Å². The number of piperazine rings is 1. The van der Waals surface area contributed by atoms with Gasteiger partial charge in [-0.05, 0) is 48.4 Å². The van der Waals surface area contributed by atoms with E-state index in [1.165, 1.54) is 17.0 Å². The lowest BCUT2D eigenvalue weighted by Crippen LogP contribution is -2.67. The molecule has 0 bridgehead atoms. The molecule has 2 aliphatic heterocycles. The first kappa shape index (κ1) is 23.3. The number of carbonyl (C=O) groups excluding carboxylic acids is 2. The van der Waals surface area contributed by atoms with Crippen molar-refractivity contribution in [2.75, 3.05) is 13.1 Å². The van der Waals surface area contributed by atoms with Crippen molar-refractivity contribution in [3.63, 3.8) is 0 Å². The van der Waals surface area contributed by atoms with Gasteiger partial charge < -0.3 is 14.8 Å². The molecule has 8 heteroatoms. The van der Waals surface area contributed by atoms with E-state index in [1.54, 1.807) is 17.9 Å². The van der Waals surface area contributed by atoms with Gasteiger partial charge in [-0.3, -0.25) is 9.59 Å². The van der Waals surface area contributed by atoms with E-state index in [0.717, 1.165) is 26.5 Å². The zero-order valence-electron chi connectivity index (χ0n) is 19.4. The fourth-order valence-corrected chi connectivity index (χ4v) is 6.16. The van der Waals surface area contributed by atoms with Crippen molar-refractivity contribution >= 4 is 50.2 Å². The van der Waals surface area contributed by atoms with E-state index in [9.17, 15) is 14.0 Å². The highest BCUT2D eigenvalue weighted by molar-refractivity contribution is 9.10. The van der Waals surface area contributed by atoms with Crippen molar-refractivity contribution in [3.8, 4) is 0 Å². The van der Waals surface area contributed by atoms with Crippen LogP contribution >= 0.6 is 27.5 Å². The predicted molar refractivity (Wildman–Crippen MR) is 140 cm³/mol. The number of aromatic nitrogens is 1. The van der Waals surface area contributed by atoms with Gasteiger partial charge in [0.05, 0.1) is 12.2 Å².